The molecule has 0 aliphatic rings. The summed E-state index contributed by atoms with van der Waals surface area (Å²) in [6, 6.07) is 10.1. The number of aromatic nitrogens is 2. The second kappa shape index (κ2) is 5.09. The van der Waals surface area contributed by atoms with Gasteiger partial charge in [-0.3, -0.25) is 5.41 Å². The van der Waals surface area contributed by atoms with Crippen molar-refractivity contribution in [3.05, 3.63) is 45.7 Å². The third-order valence-electron chi connectivity index (χ3n) is 1.92. The molecule has 0 amide bonds. The van der Waals surface area contributed by atoms with Crippen molar-refractivity contribution in [1.29, 1.82) is 5.41 Å². The molecule has 0 saturated heterocycles. The van der Waals surface area contributed by atoms with Crippen molar-refractivity contribution in [2.45, 2.75) is 13.5 Å². The molecular weight excluding hydrogens is 230 g/mol. The molecule has 2 aromatic rings. The van der Waals surface area contributed by atoms with Crippen molar-refractivity contribution in [2.24, 2.45) is 0 Å². The second-order valence-corrected chi connectivity index (χ2v) is 4.25. The average Bonchev–Trinajstić information content (AvgIpc) is 2.47. The van der Waals surface area contributed by atoms with Crippen molar-refractivity contribution in [2.75, 3.05) is 0 Å². The first-order chi connectivity index (χ1) is 6.75. The number of rotatable bonds is 2. The zero-order valence-electron chi connectivity index (χ0n) is 8.30. The van der Waals surface area contributed by atoms with E-state index in [4.69, 9.17) is 5.41 Å². The van der Waals surface area contributed by atoms with E-state index >= 15 is 0 Å². The van der Waals surface area contributed by atoms with Gasteiger partial charge in [-0.05, 0) is 12.5 Å². The Morgan fingerprint density at radius 2 is 2.00 bits per heavy atom. The van der Waals surface area contributed by atoms with Crippen LogP contribution in [-0.4, -0.2) is 9.78 Å². The Morgan fingerprint density at radius 1 is 1.33 bits per heavy atom. The second-order valence-electron chi connectivity index (χ2n) is 3.07. The zero-order chi connectivity index (χ0) is 9.97. The molecule has 0 fully saturated rings. The van der Waals surface area contributed by atoms with Gasteiger partial charge in [0.15, 0.2) is 0 Å². The van der Waals surface area contributed by atoms with Crippen LogP contribution in [0.1, 0.15) is 10.6 Å². The van der Waals surface area contributed by atoms with Crippen LogP contribution in [0.3, 0.4) is 0 Å². The lowest BCUT2D eigenvalue weighted by Crippen LogP contribution is -2.15. The number of benzene rings is 1. The topological polar surface area (TPSA) is 41.7 Å². The molecule has 1 aromatic heterocycles. The Morgan fingerprint density at radius 3 is 2.53 bits per heavy atom. The van der Waals surface area contributed by atoms with Gasteiger partial charge in [0, 0.05) is 0 Å². The SMILES string of the molecule is Cc1nn(Cc2ccccc2)c(=N)s1.Cl. The van der Waals surface area contributed by atoms with Gasteiger partial charge < -0.3 is 0 Å². The molecule has 5 heteroatoms. The van der Waals surface area contributed by atoms with E-state index in [0.717, 1.165) is 5.01 Å². The van der Waals surface area contributed by atoms with E-state index in [9.17, 15) is 0 Å². The van der Waals surface area contributed by atoms with Crippen LogP contribution < -0.4 is 4.80 Å². The van der Waals surface area contributed by atoms with Crippen LogP contribution in [-0.2, 0) is 6.54 Å². The Bertz CT molecular complexity index is 475. The van der Waals surface area contributed by atoms with Crippen LogP contribution in [0, 0.1) is 12.3 Å². The van der Waals surface area contributed by atoms with Crippen LogP contribution in [0.4, 0.5) is 0 Å². The predicted molar refractivity (Wildman–Crippen MR) is 63.5 cm³/mol. The molecule has 0 atom stereocenters. The third kappa shape index (κ3) is 2.91. The lowest BCUT2D eigenvalue weighted by Gasteiger charge is -1.99. The van der Waals surface area contributed by atoms with Gasteiger partial charge in [0.25, 0.3) is 0 Å². The molecule has 0 spiro atoms. The fourth-order valence-electron chi connectivity index (χ4n) is 1.29. The number of nitrogens with one attached hydrogen (secondary N) is 1. The summed E-state index contributed by atoms with van der Waals surface area (Å²) >= 11 is 1.41. The van der Waals surface area contributed by atoms with Crippen LogP contribution >= 0.6 is 23.7 Å². The molecule has 1 heterocycles. The highest BCUT2D eigenvalue weighted by Crippen LogP contribution is 2.01. The Kier molecular flexibility index (Phi) is 4.05. The van der Waals surface area contributed by atoms with Crippen molar-refractivity contribution in [3.8, 4) is 0 Å². The van der Waals surface area contributed by atoms with Crippen molar-refractivity contribution in [3.63, 3.8) is 0 Å². The maximum atomic E-state index is 7.66. The van der Waals surface area contributed by atoms with Crippen molar-refractivity contribution < 1.29 is 0 Å². The predicted octanol–water partition coefficient (Wildman–Crippen LogP) is 2.20. The smallest absolute Gasteiger partial charge is 0.200 e. The summed E-state index contributed by atoms with van der Waals surface area (Å²) in [7, 11) is 0. The molecule has 80 valence electrons. The minimum absolute atomic E-state index is 0. The van der Waals surface area contributed by atoms with Gasteiger partial charge in [0.1, 0.15) is 5.01 Å². The maximum Gasteiger partial charge on any atom is 0.200 e. The zero-order valence-corrected chi connectivity index (χ0v) is 9.94. The highest BCUT2D eigenvalue weighted by Gasteiger charge is 1.99. The quantitative estimate of drug-likeness (QED) is 0.861. The number of aryl methyl sites for hydroxylation is 1. The molecule has 0 aliphatic carbocycles. The number of nitrogens with zero attached hydrogens (tertiary/aromatic N) is 2. The maximum absolute atomic E-state index is 7.66. The van der Waals surface area contributed by atoms with Crippen LogP contribution in [0.5, 0.6) is 0 Å². The van der Waals surface area contributed by atoms with Gasteiger partial charge in [-0.2, -0.15) is 5.10 Å². The normalized spacial score (nSPS) is 9.67. The first-order valence-corrected chi connectivity index (χ1v) is 5.20. The minimum atomic E-state index is 0. The molecule has 0 bridgehead atoms. The fourth-order valence-corrected chi connectivity index (χ4v) is 1.92. The Labute approximate surface area is 98.3 Å². The Hall–Kier alpha value is -1.13. The van der Waals surface area contributed by atoms with E-state index in [1.54, 1.807) is 4.68 Å². The first kappa shape index (κ1) is 11.9. The standard InChI is InChI=1S/C10H11N3S.ClH/c1-8-12-13(10(11)14-8)7-9-5-3-2-4-6-9;/h2-6,11H,7H2,1H3;1H. The highest BCUT2D eigenvalue weighted by atomic mass is 35.5. The number of halogens is 1. The van der Waals surface area contributed by atoms with E-state index in [2.05, 4.69) is 5.10 Å². The summed E-state index contributed by atoms with van der Waals surface area (Å²) in [5.41, 5.74) is 1.18. The molecule has 0 unspecified atom stereocenters. The number of hydrogen-bond donors (Lipinski definition) is 1. The molecule has 1 N–H and O–H groups in total. The summed E-state index contributed by atoms with van der Waals surface area (Å²) in [6.45, 7) is 2.61. The molecule has 0 aliphatic heterocycles. The fraction of sp³-hybridized carbons (Fsp3) is 0.200. The van der Waals surface area contributed by atoms with Gasteiger partial charge >= 0.3 is 0 Å². The van der Waals surface area contributed by atoms with E-state index in [1.807, 2.05) is 37.3 Å². The summed E-state index contributed by atoms with van der Waals surface area (Å²) in [5.74, 6) is 0. The molecular formula is C10H12ClN3S. The van der Waals surface area contributed by atoms with E-state index in [-0.39, 0.29) is 12.4 Å². The van der Waals surface area contributed by atoms with Gasteiger partial charge in [0.05, 0.1) is 6.54 Å². The van der Waals surface area contributed by atoms with E-state index in [0.29, 0.717) is 11.3 Å². The van der Waals surface area contributed by atoms with Gasteiger partial charge in [0.2, 0.25) is 4.80 Å². The van der Waals surface area contributed by atoms with Crippen molar-refractivity contribution >= 4 is 23.7 Å². The van der Waals surface area contributed by atoms with Crippen LogP contribution in [0.25, 0.3) is 0 Å². The molecule has 15 heavy (non-hydrogen) atoms. The number of hydrogen-bond acceptors (Lipinski definition) is 3. The molecule has 1 aromatic carbocycles. The third-order valence-corrected chi connectivity index (χ3v) is 2.70. The summed E-state index contributed by atoms with van der Waals surface area (Å²) in [4.78, 5) is 0.506. The minimum Gasteiger partial charge on any atom is -0.274 e. The average molecular weight is 242 g/mol. The van der Waals surface area contributed by atoms with Gasteiger partial charge in [-0.25, -0.2) is 4.68 Å². The lowest BCUT2D eigenvalue weighted by molar-refractivity contribution is 0.643. The monoisotopic (exact) mass is 241 g/mol. The van der Waals surface area contributed by atoms with Crippen LogP contribution in [0.15, 0.2) is 30.3 Å². The molecule has 0 radical (unpaired) electrons. The summed E-state index contributed by atoms with van der Waals surface area (Å²) in [6.07, 6.45) is 0. The summed E-state index contributed by atoms with van der Waals surface area (Å²) < 4.78 is 1.72. The lowest BCUT2D eigenvalue weighted by atomic mass is 10.2. The molecule has 2 rings (SSSR count). The summed E-state index contributed by atoms with van der Waals surface area (Å²) in [5, 5.41) is 12.8. The molecule has 0 saturated carbocycles. The van der Waals surface area contributed by atoms with E-state index < -0.39 is 0 Å². The van der Waals surface area contributed by atoms with Gasteiger partial charge in [-0.15, -0.1) is 12.4 Å². The Balaban J connectivity index is 0.00000112. The molecule has 3 nitrogen and oxygen atoms in total. The largest absolute Gasteiger partial charge is 0.274 e. The first-order valence-electron chi connectivity index (χ1n) is 4.39. The van der Waals surface area contributed by atoms with Gasteiger partial charge in [-0.1, -0.05) is 41.7 Å². The van der Waals surface area contributed by atoms with Crippen LogP contribution in [0.2, 0.25) is 0 Å². The highest BCUT2D eigenvalue weighted by molar-refractivity contribution is 7.08. The van der Waals surface area contributed by atoms with Crippen molar-refractivity contribution in [1.82, 2.24) is 9.78 Å². The van der Waals surface area contributed by atoms with E-state index in [1.165, 1.54) is 16.9 Å².